The number of aliphatic carboxylic acids is 1. The van der Waals surface area contributed by atoms with Gasteiger partial charge < -0.3 is 9.84 Å². The van der Waals surface area contributed by atoms with E-state index in [1.807, 2.05) is 0 Å². The Labute approximate surface area is 129 Å². The summed E-state index contributed by atoms with van der Waals surface area (Å²) in [6.07, 6.45) is -0.0189. The van der Waals surface area contributed by atoms with Crippen LogP contribution in [0.5, 0.6) is 0 Å². The van der Waals surface area contributed by atoms with Gasteiger partial charge in [-0.15, -0.1) is 0 Å². The summed E-state index contributed by atoms with van der Waals surface area (Å²) in [5.41, 5.74) is 0.152. The maximum absolute atomic E-state index is 13.7. The molecule has 0 saturated carbocycles. The van der Waals surface area contributed by atoms with Crippen molar-refractivity contribution in [3.63, 3.8) is 0 Å². The third-order valence-electron chi connectivity index (χ3n) is 2.96. The largest absolute Gasteiger partial charge is 0.481 e. The number of carboxylic acid groups (broad SMARTS) is 1. The van der Waals surface area contributed by atoms with E-state index in [4.69, 9.17) is 9.84 Å². The molecule has 0 heterocycles. The number of ether oxygens (including phenoxy) is 1. The fourth-order valence-corrected chi connectivity index (χ4v) is 1.76. The second-order valence-corrected chi connectivity index (χ2v) is 6.21. The van der Waals surface area contributed by atoms with Gasteiger partial charge in [-0.2, -0.15) is 0 Å². The van der Waals surface area contributed by atoms with Gasteiger partial charge in [0.1, 0.15) is 11.4 Å². The minimum absolute atomic E-state index is 0.281. The Morgan fingerprint density at radius 2 is 2.00 bits per heavy atom. The fraction of sp³-hybridized carbons (Fsp3) is 0.500. The van der Waals surface area contributed by atoms with Crippen LogP contribution in [0.3, 0.4) is 0 Å². The third kappa shape index (κ3) is 6.11. The van der Waals surface area contributed by atoms with Crippen LogP contribution in [0, 0.1) is 11.7 Å². The molecule has 0 fully saturated rings. The van der Waals surface area contributed by atoms with E-state index in [1.165, 1.54) is 18.2 Å². The molecule has 1 amide bonds. The molecule has 0 bridgehead atoms. The van der Waals surface area contributed by atoms with Crippen molar-refractivity contribution in [3.05, 3.63) is 29.6 Å². The quantitative estimate of drug-likeness (QED) is 0.866. The van der Waals surface area contributed by atoms with Crippen LogP contribution >= 0.6 is 0 Å². The zero-order valence-electron chi connectivity index (χ0n) is 13.3. The third-order valence-corrected chi connectivity index (χ3v) is 2.96. The van der Waals surface area contributed by atoms with E-state index in [-0.39, 0.29) is 6.42 Å². The van der Waals surface area contributed by atoms with Gasteiger partial charge in [-0.05, 0) is 57.4 Å². The zero-order chi connectivity index (χ0) is 16.9. The number of anilines is 1. The molecule has 0 spiro atoms. The number of amides is 1. The molecule has 1 aromatic rings. The van der Waals surface area contributed by atoms with Crippen LogP contribution < -0.4 is 5.32 Å². The monoisotopic (exact) mass is 311 g/mol. The van der Waals surface area contributed by atoms with E-state index in [0.29, 0.717) is 17.7 Å². The molecule has 6 heteroatoms. The molecular weight excluding hydrogens is 289 g/mol. The summed E-state index contributed by atoms with van der Waals surface area (Å²) < 4.78 is 18.9. The molecule has 1 unspecified atom stereocenters. The number of carboxylic acids is 1. The lowest BCUT2D eigenvalue weighted by atomic mass is 10.0. The Bertz CT molecular complexity index is 552. The summed E-state index contributed by atoms with van der Waals surface area (Å²) in [4.78, 5) is 22.5. The minimum atomic E-state index is -0.913. The first-order valence-electron chi connectivity index (χ1n) is 7.09. The molecule has 1 aromatic carbocycles. The van der Waals surface area contributed by atoms with Crippen molar-refractivity contribution >= 4 is 17.7 Å². The lowest BCUT2D eigenvalue weighted by Gasteiger charge is -2.20. The van der Waals surface area contributed by atoms with Crippen molar-refractivity contribution in [2.75, 3.05) is 5.32 Å². The van der Waals surface area contributed by atoms with Crippen molar-refractivity contribution in [1.82, 2.24) is 0 Å². The first-order valence-corrected chi connectivity index (χ1v) is 7.09. The Kier molecular flexibility index (Phi) is 5.91. The molecule has 1 atom stereocenters. The summed E-state index contributed by atoms with van der Waals surface area (Å²) >= 11 is 0. The second kappa shape index (κ2) is 7.24. The predicted octanol–water partition coefficient (Wildman–Crippen LogP) is 3.83. The Morgan fingerprint density at radius 1 is 1.36 bits per heavy atom. The first kappa shape index (κ1) is 17.9. The number of carbonyl (C=O) groups excluding carboxylic acids is 1. The summed E-state index contributed by atoms with van der Waals surface area (Å²) in [7, 11) is 0. The van der Waals surface area contributed by atoms with Crippen LogP contribution in [0.1, 0.15) is 39.7 Å². The number of aryl methyl sites for hydroxylation is 1. The lowest BCUT2D eigenvalue weighted by molar-refractivity contribution is -0.141. The van der Waals surface area contributed by atoms with Crippen LogP contribution in [0.4, 0.5) is 14.9 Å². The molecule has 0 aliphatic rings. The van der Waals surface area contributed by atoms with Crippen molar-refractivity contribution in [1.29, 1.82) is 0 Å². The number of nitrogens with one attached hydrogen (secondary N) is 1. The van der Waals surface area contributed by atoms with E-state index in [1.54, 1.807) is 27.7 Å². The van der Waals surface area contributed by atoms with Crippen LogP contribution in [-0.4, -0.2) is 22.8 Å². The Balaban J connectivity index is 2.73. The van der Waals surface area contributed by atoms with Gasteiger partial charge in [0.05, 0.1) is 5.92 Å². The SMILES string of the molecule is CC(CCc1cc(NC(=O)OC(C)(C)C)ccc1F)C(=O)O. The van der Waals surface area contributed by atoms with Crippen LogP contribution in [0.15, 0.2) is 18.2 Å². The van der Waals surface area contributed by atoms with Crippen LogP contribution in [0.25, 0.3) is 0 Å². The van der Waals surface area contributed by atoms with E-state index in [2.05, 4.69) is 5.32 Å². The highest BCUT2D eigenvalue weighted by Crippen LogP contribution is 2.19. The van der Waals surface area contributed by atoms with Gasteiger partial charge in [-0.1, -0.05) is 6.92 Å². The molecular formula is C16H22FNO4. The molecule has 0 aliphatic carbocycles. The van der Waals surface area contributed by atoms with Gasteiger partial charge in [0, 0.05) is 5.69 Å². The molecule has 122 valence electrons. The summed E-state index contributed by atoms with van der Waals surface area (Å²) in [6, 6.07) is 4.17. The summed E-state index contributed by atoms with van der Waals surface area (Å²) in [6.45, 7) is 6.81. The first-order chi connectivity index (χ1) is 10.1. The number of benzene rings is 1. The van der Waals surface area contributed by atoms with Gasteiger partial charge in [0.15, 0.2) is 0 Å². The van der Waals surface area contributed by atoms with Crippen molar-refractivity contribution < 1.29 is 23.8 Å². The van der Waals surface area contributed by atoms with Gasteiger partial charge >= 0.3 is 12.1 Å². The van der Waals surface area contributed by atoms with Gasteiger partial charge in [0.25, 0.3) is 0 Å². The average Bonchev–Trinajstić information content (AvgIpc) is 2.36. The highest BCUT2D eigenvalue weighted by Gasteiger charge is 2.17. The van der Waals surface area contributed by atoms with E-state index >= 15 is 0 Å². The average molecular weight is 311 g/mol. The lowest BCUT2D eigenvalue weighted by Crippen LogP contribution is -2.27. The highest BCUT2D eigenvalue weighted by molar-refractivity contribution is 5.85. The Morgan fingerprint density at radius 3 is 2.55 bits per heavy atom. The van der Waals surface area contributed by atoms with Gasteiger partial charge in [-0.3, -0.25) is 10.1 Å². The Hall–Kier alpha value is -2.11. The predicted molar refractivity (Wildman–Crippen MR) is 81.4 cm³/mol. The molecule has 0 aromatic heterocycles. The molecule has 0 aliphatic heterocycles. The maximum atomic E-state index is 13.7. The maximum Gasteiger partial charge on any atom is 0.412 e. The second-order valence-electron chi connectivity index (χ2n) is 6.21. The molecule has 1 rings (SSSR count). The van der Waals surface area contributed by atoms with E-state index in [0.717, 1.165) is 0 Å². The van der Waals surface area contributed by atoms with Crippen molar-refractivity contribution in [2.45, 2.75) is 46.1 Å². The molecule has 22 heavy (non-hydrogen) atoms. The molecule has 2 N–H and O–H groups in total. The minimum Gasteiger partial charge on any atom is -0.481 e. The van der Waals surface area contributed by atoms with E-state index in [9.17, 15) is 14.0 Å². The summed E-state index contributed by atoms with van der Waals surface area (Å²) in [5.74, 6) is -1.89. The molecule has 0 radical (unpaired) electrons. The number of rotatable bonds is 5. The van der Waals surface area contributed by atoms with Crippen molar-refractivity contribution in [3.8, 4) is 0 Å². The standard InChI is InChI=1S/C16H22FNO4/c1-10(14(19)20)5-6-11-9-12(7-8-13(11)17)18-15(21)22-16(2,3)4/h7-10H,5-6H2,1-4H3,(H,18,21)(H,19,20). The van der Waals surface area contributed by atoms with Gasteiger partial charge in [-0.25, -0.2) is 9.18 Å². The number of carbonyl (C=O) groups is 2. The van der Waals surface area contributed by atoms with Crippen LogP contribution in [-0.2, 0) is 16.0 Å². The molecule has 5 nitrogen and oxygen atoms in total. The number of hydrogen-bond acceptors (Lipinski definition) is 3. The van der Waals surface area contributed by atoms with Gasteiger partial charge in [0.2, 0.25) is 0 Å². The normalized spacial score (nSPS) is 12.6. The fourth-order valence-electron chi connectivity index (χ4n) is 1.76. The zero-order valence-corrected chi connectivity index (χ0v) is 13.3. The topological polar surface area (TPSA) is 75.6 Å². The number of halogens is 1. The summed E-state index contributed by atoms with van der Waals surface area (Å²) in [5, 5.41) is 11.4. The van der Waals surface area contributed by atoms with E-state index < -0.39 is 29.4 Å². The number of hydrogen-bond donors (Lipinski definition) is 2. The van der Waals surface area contributed by atoms with Crippen molar-refractivity contribution in [2.24, 2.45) is 5.92 Å². The smallest absolute Gasteiger partial charge is 0.412 e. The molecule has 0 saturated heterocycles. The highest BCUT2D eigenvalue weighted by atomic mass is 19.1. The van der Waals surface area contributed by atoms with Crippen LogP contribution in [0.2, 0.25) is 0 Å².